The van der Waals surface area contributed by atoms with Crippen molar-refractivity contribution < 1.29 is 9.59 Å². The van der Waals surface area contributed by atoms with Crippen molar-refractivity contribution in [1.82, 2.24) is 20.1 Å². The molecule has 0 aliphatic carbocycles. The van der Waals surface area contributed by atoms with E-state index in [1.807, 2.05) is 31.2 Å². The van der Waals surface area contributed by atoms with E-state index in [4.69, 9.17) is 0 Å². The number of thiazole rings is 1. The normalized spacial score (nSPS) is 16.8. The molecule has 0 bridgehead atoms. The molecule has 0 spiro atoms. The van der Waals surface area contributed by atoms with Gasteiger partial charge in [0.25, 0.3) is 5.91 Å². The number of hydrogen-bond acceptors (Lipinski definition) is 7. The van der Waals surface area contributed by atoms with Gasteiger partial charge in [0.2, 0.25) is 5.91 Å². The Hall–Kier alpha value is -2.65. The molecule has 0 radical (unpaired) electrons. The maximum Gasteiger partial charge on any atom is 0.274 e. The summed E-state index contributed by atoms with van der Waals surface area (Å²) in [6, 6.07) is 7.04. The van der Waals surface area contributed by atoms with E-state index >= 15 is 0 Å². The van der Waals surface area contributed by atoms with Gasteiger partial charge < -0.3 is 10.2 Å². The molecule has 3 aromatic rings. The zero-order chi connectivity index (χ0) is 19.5. The van der Waals surface area contributed by atoms with Gasteiger partial charge in [-0.15, -0.1) is 21.5 Å². The van der Waals surface area contributed by atoms with E-state index in [1.165, 1.54) is 22.7 Å². The van der Waals surface area contributed by atoms with Crippen LogP contribution in [0.1, 0.15) is 34.8 Å². The van der Waals surface area contributed by atoms with Crippen LogP contribution in [0.3, 0.4) is 0 Å². The summed E-state index contributed by atoms with van der Waals surface area (Å²) in [6.45, 7) is 2.47. The van der Waals surface area contributed by atoms with Crippen molar-refractivity contribution in [3.8, 4) is 10.6 Å². The summed E-state index contributed by atoms with van der Waals surface area (Å²) < 4.78 is 0. The molecule has 144 valence electrons. The van der Waals surface area contributed by atoms with Gasteiger partial charge in [0, 0.05) is 23.2 Å². The van der Waals surface area contributed by atoms with Crippen molar-refractivity contribution in [3.63, 3.8) is 0 Å². The number of likely N-dealkylation sites (tertiary alicyclic amines) is 1. The molecule has 1 saturated heterocycles. The molecule has 7 nitrogen and oxygen atoms in total. The van der Waals surface area contributed by atoms with Gasteiger partial charge in [-0.2, -0.15) is 0 Å². The van der Waals surface area contributed by atoms with Crippen LogP contribution in [0, 0.1) is 6.92 Å². The summed E-state index contributed by atoms with van der Waals surface area (Å²) in [4.78, 5) is 31.4. The molecule has 0 unspecified atom stereocenters. The van der Waals surface area contributed by atoms with E-state index in [0.29, 0.717) is 24.3 Å². The summed E-state index contributed by atoms with van der Waals surface area (Å²) in [6.07, 6.45) is 2.46. The van der Waals surface area contributed by atoms with E-state index in [-0.39, 0.29) is 11.8 Å². The average Bonchev–Trinajstić information content (AvgIpc) is 3.39. The molecule has 1 N–H and O–H groups in total. The Balaban J connectivity index is 1.51. The number of carbonyl (C=O) groups is 2. The van der Waals surface area contributed by atoms with Crippen LogP contribution in [0.4, 0.5) is 5.69 Å². The molecule has 2 aromatic heterocycles. The van der Waals surface area contributed by atoms with Crippen LogP contribution in [0.15, 0.2) is 35.2 Å². The van der Waals surface area contributed by atoms with E-state index in [1.54, 1.807) is 15.8 Å². The second-order valence-electron chi connectivity index (χ2n) is 6.58. The molecule has 1 aromatic carbocycles. The summed E-state index contributed by atoms with van der Waals surface area (Å²) in [5.41, 5.74) is 3.62. The Morgan fingerprint density at radius 1 is 1.25 bits per heavy atom. The van der Waals surface area contributed by atoms with Crippen molar-refractivity contribution in [2.24, 2.45) is 0 Å². The van der Waals surface area contributed by atoms with Crippen LogP contribution >= 0.6 is 22.7 Å². The van der Waals surface area contributed by atoms with E-state index in [0.717, 1.165) is 28.4 Å². The zero-order valence-corrected chi connectivity index (χ0v) is 16.9. The third-order valence-corrected chi connectivity index (χ3v) is 6.10. The predicted molar refractivity (Wildman–Crippen MR) is 110 cm³/mol. The monoisotopic (exact) mass is 413 g/mol. The van der Waals surface area contributed by atoms with E-state index in [2.05, 4.69) is 20.5 Å². The predicted octanol–water partition coefficient (Wildman–Crippen LogP) is 3.60. The maximum absolute atomic E-state index is 13.0. The Bertz CT molecular complexity index is 986. The molecule has 28 heavy (non-hydrogen) atoms. The molecule has 3 heterocycles. The van der Waals surface area contributed by atoms with Crippen molar-refractivity contribution >= 4 is 40.2 Å². The SMILES string of the molecule is Cc1nnc(-c2cccc(NC(=O)[C@@H]3CCCCN3C(=O)c3cscn3)c2)s1. The molecule has 2 amide bonds. The molecule has 1 atom stereocenters. The van der Waals surface area contributed by atoms with Gasteiger partial charge in [-0.25, -0.2) is 4.98 Å². The van der Waals surface area contributed by atoms with Gasteiger partial charge in [-0.3, -0.25) is 9.59 Å². The van der Waals surface area contributed by atoms with Gasteiger partial charge in [-0.05, 0) is 38.3 Å². The lowest BCUT2D eigenvalue weighted by Gasteiger charge is -2.34. The van der Waals surface area contributed by atoms with Crippen LogP contribution < -0.4 is 5.32 Å². The van der Waals surface area contributed by atoms with Crippen molar-refractivity contribution in [2.75, 3.05) is 11.9 Å². The fraction of sp³-hybridized carbons (Fsp3) is 0.316. The van der Waals surface area contributed by atoms with Crippen LogP contribution in [0.25, 0.3) is 10.6 Å². The molecule has 4 rings (SSSR count). The summed E-state index contributed by atoms with van der Waals surface area (Å²) in [7, 11) is 0. The first-order valence-corrected chi connectivity index (χ1v) is 10.8. The number of aromatic nitrogens is 3. The van der Waals surface area contributed by atoms with E-state index < -0.39 is 6.04 Å². The van der Waals surface area contributed by atoms with Crippen molar-refractivity contribution in [2.45, 2.75) is 32.2 Å². The minimum atomic E-state index is -0.490. The summed E-state index contributed by atoms with van der Waals surface area (Å²) >= 11 is 2.88. The Morgan fingerprint density at radius 2 is 2.14 bits per heavy atom. The first kappa shape index (κ1) is 18.7. The molecular weight excluding hydrogens is 394 g/mol. The number of nitrogens with zero attached hydrogens (tertiary/aromatic N) is 4. The Labute approximate surface area is 170 Å². The summed E-state index contributed by atoms with van der Waals surface area (Å²) in [5, 5.41) is 14.6. The van der Waals surface area contributed by atoms with Crippen LogP contribution in [-0.2, 0) is 4.79 Å². The minimum Gasteiger partial charge on any atom is -0.325 e. The Morgan fingerprint density at radius 3 is 2.89 bits per heavy atom. The van der Waals surface area contributed by atoms with Crippen LogP contribution in [-0.4, -0.2) is 44.5 Å². The highest BCUT2D eigenvalue weighted by Crippen LogP contribution is 2.26. The number of amides is 2. The number of hydrogen-bond donors (Lipinski definition) is 1. The molecular formula is C19H19N5O2S2. The van der Waals surface area contributed by atoms with E-state index in [9.17, 15) is 9.59 Å². The summed E-state index contributed by atoms with van der Waals surface area (Å²) in [5.74, 6) is -0.354. The van der Waals surface area contributed by atoms with Crippen LogP contribution in [0.5, 0.6) is 0 Å². The smallest absolute Gasteiger partial charge is 0.274 e. The molecule has 0 saturated carbocycles. The quantitative estimate of drug-likeness (QED) is 0.706. The number of rotatable bonds is 4. The standard InChI is InChI=1S/C19H19N5O2S2/c1-12-22-23-18(28-12)13-5-4-6-14(9-13)21-17(25)16-7-2-3-8-24(16)19(26)15-10-27-11-20-15/h4-6,9-11,16H,2-3,7-8H2,1H3,(H,21,25)/t16-/m0/s1. The van der Waals surface area contributed by atoms with Gasteiger partial charge in [-0.1, -0.05) is 23.5 Å². The zero-order valence-electron chi connectivity index (χ0n) is 15.3. The van der Waals surface area contributed by atoms with Gasteiger partial charge in [0.05, 0.1) is 5.51 Å². The molecule has 1 aliphatic heterocycles. The van der Waals surface area contributed by atoms with Gasteiger partial charge in [0.15, 0.2) is 0 Å². The topological polar surface area (TPSA) is 88.1 Å². The van der Waals surface area contributed by atoms with Crippen LogP contribution in [0.2, 0.25) is 0 Å². The fourth-order valence-electron chi connectivity index (χ4n) is 3.28. The van der Waals surface area contributed by atoms with Crippen molar-refractivity contribution in [3.05, 3.63) is 45.9 Å². The first-order valence-electron chi connectivity index (χ1n) is 9.02. The lowest BCUT2D eigenvalue weighted by atomic mass is 10.0. The number of aryl methyl sites for hydroxylation is 1. The highest BCUT2D eigenvalue weighted by molar-refractivity contribution is 7.14. The molecule has 9 heteroatoms. The highest BCUT2D eigenvalue weighted by Gasteiger charge is 2.33. The third kappa shape index (κ3) is 3.95. The van der Waals surface area contributed by atoms with Gasteiger partial charge in [0.1, 0.15) is 21.8 Å². The highest BCUT2D eigenvalue weighted by atomic mass is 32.1. The maximum atomic E-state index is 13.0. The second-order valence-corrected chi connectivity index (χ2v) is 8.48. The van der Waals surface area contributed by atoms with Crippen molar-refractivity contribution in [1.29, 1.82) is 0 Å². The lowest BCUT2D eigenvalue weighted by molar-refractivity contribution is -0.121. The number of benzene rings is 1. The Kier molecular flexibility index (Phi) is 5.45. The number of carbonyl (C=O) groups excluding carboxylic acids is 2. The largest absolute Gasteiger partial charge is 0.325 e. The number of piperidine rings is 1. The van der Waals surface area contributed by atoms with Gasteiger partial charge >= 0.3 is 0 Å². The molecule has 1 fully saturated rings. The fourth-order valence-corrected chi connectivity index (χ4v) is 4.50. The minimum absolute atomic E-state index is 0.172. The first-order chi connectivity index (χ1) is 13.6. The molecule has 1 aliphatic rings. The number of nitrogens with one attached hydrogen (secondary N) is 1. The number of anilines is 1. The lowest BCUT2D eigenvalue weighted by Crippen LogP contribution is -2.50. The third-order valence-electron chi connectivity index (χ3n) is 4.62. The average molecular weight is 414 g/mol. The second kappa shape index (κ2) is 8.15.